The second-order valence-electron chi connectivity index (χ2n) is 7.13. The van der Waals surface area contributed by atoms with Gasteiger partial charge < -0.3 is 5.32 Å². The van der Waals surface area contributed by atoms with Crippen LogP contribution in [-0.4, -0.2) is 27.3 Å². The number of thiophene rings is 1. The van der Waals surface area contributed by atoms with E-state index in [0.29, 0.717) is 28.0 Å². The lowest BCUT2D eigenvalue weighted by atomic mass is 10.2. The Morgan fingerprint density at radius 1 is 1.31 bits per heavy atom. The molecule has 1 N–H and O–H groups in total. The van der Waals surface area contributed by atoms with Crippen molar-refractivity contribution in [3.8, 4) is 10.4 Å². The largest absolute Gasteiger partial charge is 0.353 e. The summed E-state index contributed by atoms with van der Waals surface area (Å²) < 4.78 is 2.24. The first-order valence-electron chi connectivity index (χ1n) is 9.78. The molecule has 4 rings (SSSR count). The van der Waals surface area contributed by atoms with Crippen molar-refractivity contribution in [3.63, 3.8) is 0 Å². The molecule has 0 unspecified atom stereocenters. The SMILES string of the molecule is C=CCn1c(SCC(=O)NC2CCCC2)nc2cc(-c3ccccc3)sc2c1=O. The van der Waals surface area contributed by atoms with Gasteiger partial charge in [0, 0.05) is 17.5 Å². The van der Waals surface area contributed by atoms with Gasteiger partial charge in [0.25, 0.3) is 5.56 Å². The maximum Gasteiger partial charge on any atom is 0.272 e. The van der Waals surface area contributed by atoms with Crippen LogP contribution < -0.4 is 10.9 Å². The molecule has 0 saturated heterocycles. The highest BCUT2D eigenvalue weighted by molar-refractivity contribution is 7.99. The van der Waals surface area contributed by atoms with E-state index in [-0.39, 0.29) is 17.2 Å². The minimum absolute atomic E-state index is 0.00306. The van der Waals surface area contributed by atoms with Gasteiger partial charge in [0.15, 0.2) is 5.16 Å². The molecule has 150 valence electrons. The van der Waals surface area contributed by atoms with Crippen LogP contribution >= 0.6 is 23.1 Å². The lowest BCUT2D eigenvalue weighted by molar-refractivity contribution is -0.119. The summed E-state index contributed by atoms with van der Waals surface area (Å²) in [5.74, 6) is 0.248. The fourth-order valence-electron chi connectivity index (χ4n) is 3.61. The van der Waals surface area contributed by atoms with Crippen LogP contribution in [0.1, 0.15) is 25.7 Å². The van der Waals surface area contributed by atoms with Crippen molar-refractivity contribution < 1.29 is 4.79 Å². The van der Waals surface area contributed by atoms with Gasteiger partial charge in [-0.05, 0) is 24.5 Å². The number of hydrogen-bond acceptors (Lipinski definition) is 5. The molecule has 1 amide bonds. The third-order valence-electron chi connectivity index (χ3n) is 5.02. The Balaban J connectivity index is 1.61. The Kier molecular flexibility index (Phi) is 6.16. The number of hydrogen-bond donors (Lipinski definition) is 1. The third-order valence-corrected chi connectivity index (χ3v) is 7.16. The second kappa shape index (κ2) is 8.97. The Labute approximate surface area is 177 Å². The molecule has 0 bridgehead atoms. The van der Waals surface area contributed by atoms with Gasteiger partial charge in [0.2, 0.25) is 5.91 Å². The second-order valence-corrected chi connectivity index (χ2v) is 9.12. The number of amides is 1. The number of rotatable bonds is 7. The smallest absolute Gasteiger partial charge is 0.272 e. The van der Waals surface area contributed by atoms with Crippen molar-refractivity contribution in [1.82, 2.24) is 14.9 Å². The summed E-state index contributed by atoms with van der Waals surface area (Å²) in [4.78, 5) is 31.1. The fraction of sp³-hybridized carbons (Fsp3) is 0.318. The molecule has 0 spiro atoms. The van der Waals surface area contributed by atoms with Crippen LogP contribution in [0.15, 0.2) is 59.0 Å². The fourth-order valence-corrected chi connectivity index (χ4v) is 5.48. The molecule has 1 saturated carbocycles. The molecule has 2 aromatic heterocycles. The van der Waals surface area contributed by atoms with E-state index >= 15 is 0 Å². The van der Waals surface area contributed by atoms with Gasteiger partial charge in [0.05, 0.1) is 11.3 Å². The molecule has 1 fully saturated rings. The Morgan fingerprint density at radius 2 is 2.07 bits per heavy atom. The topological polar surface area (TPSA) is 64.0 Å². The highest BCUT2D eigenvalue weighted by atomic mass is 32.2. The van der Waals surface area contributed by atoms with Crippen LogP contribution in [0, 0.1) is 0 Å². The summed E-state index contributed by atoms with van der Waals surface area (Å²) >= 11 is 2.76. The molecule has 0 atom stereocenters. The van der Waals surface area contributed by atoms with Gasteiger partial charge in [-0.2, -0.15) is 0 Å². The standard InChI is InChI=1S/C22H23N3O2S2/c1-2-12-25-21(27)20-17(13-18(29-20)15-8-4-3-5-9-15)24-22(25)28-14-19(26)23-16-10-6-7-11-16/h2-5,8-9,13,16H,1,6-7,10-12,14H2,(H,23,26). The predicted octanol–water partition coefficient (Wildman–Crippen LogP) is 4.46. The minimum atomic E-state index is -0.0826. The summed E-state index contributed by atoms with van der Waals surface area (Å²) in [5.41, 5.74) is 1.66. The zero-order valence-electron chi connectivity index (χ0n) is 16.1. The molecule has 0 aliphatic heterocycles. The van der Waals surface area contributed by atoms with E-state index in [1.165, 1.54) is 35.9 Å². The van der Waals surface area contributed by atoms with Crippen molar-refractivity contribution in [2.24, 2.45) is 0 Å². The van der Waals surface area contributed by atoms with Crippen molar-refractivity contribution in [2.75, 3.05) is 5.75 Å². The number of nitrogens with zero attached hydrogens (tertiary/aromatic N) is 2. The van der Waals surface area contributed by atoms with E-state index in [4.69, 9.17) is 4.98 Å². The molecule has 3 aromatic rings. The minimum Gasteiger partial charge on any atom is -0.353 e. The first-order chi connectivity index (χ1) is 14.2. The molecule has 1 aliphatic rings. The summed E-state index contributed by atoms with van der Waals surface area (Å²) in [5, 5.41) is 3.64. The van der Waals surface area contributed by atoms with Gasteiger partial charge in [-0.1, -0.05) is 61.0 Å². The number of thioether (sulfide) groups is 1. The summed E-state index contributed by atoms with van der Waals surface area (Å²) in [6, 6.07) is 12.2. The summed E-state index contributed by atoms with van der Waals surface area (Å²) in [6.45, 7) is 4.13. The van der Waals surface area contributed by atoms with Gasteiger partial charge in [-0.25, -0.2) is 4.98 Å². The molecule has 29 heavy (non-hydrogen) atoms. The van der Waals surface area contributed by atoms with Gasteiger partial charge in [-0.3, -0.25) is 14.2 Å². The van der Waals surface area contributed by atoms with Crippen LogP contribution in [0.25, 0.3) is 20.7 Å². The first-order valence-corrected chi connectivity index (χ1v) is 11.6. The number of aromatic nitrogens is 2. The van der Waals surface area contributed by atoms with Crippen LogP contribution in [0.2, 0.25) is 0 Å². The van der Waals surface area contributed by atoms with E-state index in [1.54, 1.807) is 10.6 Å². The predicted molar refractivity (Wildman–Crippen MR) is 121 cm³/mol. The summed E-state index contributed by atoms with van der Waals surface area (Å²) in [6.07, 6.45) is 6.15. The van der Waals surface area contributed by atoms with Gasteiger partial charge in [-0.15, -0.1) is 17.9 Å². The highest BCUT2D eigenvalue weighted by Gasteiger charge is 2.19. The number of fused-ring (bicyclic) bond motifs is 1. The Bertz CT molecular complexity index is 1080. The molecular weight excluding hydrogens is 402 g/mol. The quantitative estimate of drug-likeness (QED) is 0.345. The monoisotopic (exact) mass is 425 g/mol. The van der Waals surface area contributed by atoms with E-state index in [9.17, 15) is 9.59 Å². The van der Waals surface area contributed by atoms with Crippen molar-refractivity contribution >= 4 is 39.2 Å². The molecule has 5 nitrogen and oxygen atoms in total. The molecule has 0 radical (unpaired) electrons. The van der Waals surface area contributed by atoms with Crippen LogP contribution in [0.4, 0.5) is 0 Å². The number of carbonyl (C=O) groups is 1. The van der Waals surface area contributed by atoms with Crippen LogP contribution in [-0.2, 0) is 11.3 Å². The lowest BCUT2D eigenvalue weighted by Crippen LogP contribution is -2.34. The van der Waals surface area contributed by atoms with E-state index < -0.39 is 0 Å². The van der Waals surface area contributed by atoms with Crippen molar-refractivity contribution in [2.45, 2.75) is 43.4 Å². The third kappa shape index (κ3) is 4.46. The molecule has 7 heteroatoms. The molecule has 2 heterocycles. The average Bonchev–Trinajstić information content (AvgIpc) is 3.39. The Morgan fingerprint density at radius 3 is 2.79 bits per heavy atom. The molecule has 1 aromatic carbocycles. The number of carbonyl (C=O) groups excluding carboxylic acids is 1. The molecule has 1 aliphatic carbocycles. The summed E-state index contributed by atoms with van der Waals surface area (Å²) in [7, 11) is 0. The highest BCUT2D eigenvalue weighted by Crippen LogP contribution is 2.32. The first kappa shape index (κ1) is 19.9. The Hall–Kier alpha value is -2.38. The van der Waals surface area contributed by atoms with Crippen LogP contribution in [0.3, 0.4) is 0 Å². The normalized spacial score (nSPS) is 14.3. The van der Waals surface area contributed by atoms with Gasteiger partial charge >= 0.3 is 0 Å². The molecular formula is C22H23N3O2S2. The van der Waals surface area contributed by atoms with E-state index in [1.807, 2.05) is 36.4 Å². The van der Waals surface area contributed by atoms with Crippen LogP contribution in [0.5, 0.6) is 0 Å². The zero-order valence-corrected chi connectivity index (χ0v) is 17.7. The maximum atomic E-state index is 13.1. The lowest BCUT2D eigenvalue weighted by Gasteiger charge is -2.13. The van der Waals surface area contributed by atoms with E-state index in [0.717, 1.165) is 23.3 Å². The van der Waals surface area contributed by atoms with E-state index in [2.05, 4.69) is 11.9 Å². The maximum absolute atomic E-state index is 13.1. The number of nitrogens with one attached hydrogen (secondary N) is 1. The number of allylic oxidation sites excluding steroid dienone is 1. The average molecular weight is 426 g/mol. The van der Waals surface area contributed by atoms with Gasteiger partial charge in [0.1, 0.15) is 4.70 Å². The van der Waals surface area contributed by atoms with Crippen molar-refractivity contribution in [3.05, 3.63) is 59.4 Å². The number of benzene rings is 1. The zero-order chi connectivity index (χ0) is 20.2. The van der Waals surface area contributed by atoms with Crippen molar-refractivity contribution in [1.29, 1.82) is 0 Å².